The Balaban J connectivity index is 1.59. The summed E-state index contributed by atoms with van der Waals surface area (Å²) in [5, 5.41) is 4.06. The summed E-state index contributed by atoms with van der Waals surface area (Å²) < 4.78 is 11.3. The normalized spacial score (nSPS) is 17.3. The highest BCUT2D eigenvalue weighted by molar-refractivity contribution is 7.99. The van der Waals surface area contributed by atoms with E-state index in [0.717, 1.165) is 43.7 Å². The summed E-state index contributed by atoms with van der Waals surface area (Å²) >= 11 is 1.76. The topological polar surface area (TPSA) is 74.2 Å². The molecule has 1 unspecified atom stereocenters. The Kier molecular flexibility index (Phi) is 4.77. The van der Waals surface area contributed by atoms with Gasteiger partial charge in [0.25, 0.3) is 0 Å². The van der Waals surface area contributed by atoms with E-state index in [4.69, 9.17) is 15.0 Å². The number of aromatic nitrogens is 2. The monoisotopic (exact) mass is 305 g/mol. The highest BCUT2D eigenvalue weighted by Gasteiger charge is 2.25. The zero-order valence-electron chi connectivity index (χ0n) is 11.8. The first-order chi connectivity index (χ1) is 10.4. The third-order valence-corrected chi connectivity index (χ3v) is 4.49. The van der Waals surface area contributed by atoms with E-state index in [1.54, 1.807) is 11.8 Å². The number of aryl methyl sites for hydroxylation is 1. The van der Waals surface area contributed by atoms with Crippen molar-refractivity contribution < 1.29 is 9.26 Å². The molecular formula is C15H19N3O2S. The summed E-state index contributed by atoms with van der Waals surface area (Å²) in [5.74, 6) is 3.04. The molecule has 1 aromatic heterocycles. The van der Waals surface area contributed by atoms with Gasteiger partial charge in [-0.1, -0.05) is 23.7 Å². The van der Waals surface area contributed by atoms with Crippen LogP contribution in [-0.4, -0.2) is 22.4 Å². The Labute approximate surface area is 128 Å². The first-order valence-electron chi connectivity index (χ1n) is 7.28. The number of benzene rings is 1. The molecule has 0 bridgehead atoms. The van der Waals surface area contributed by atoms with Crippen molar-refractivity contribution in [2.24, 2.45) is 5.73 Å². The second-order valence-corrected chi connectivity index (χ2v) is 6.07. The second kappa shape index (κ2) is 6.95. The first kappa shape index (κ1) is 14.4. The van der Waals surface area contributed by atoms with Gasteiger partial charge in [0.1, 0.15) is 5.75 Å². The van der Waals surface area contributed by atoms with E-state index in [1.807, 2.05) is 18.2 Å². The van der Waals surface area contributed by atoms with Gasteiger partial charge >= 0.3 is 0 Å². The van der Waals surface area contributed by atoms with Crippen molar-refractivity contribution >= 4 is 11.8 Å². The van der Waals surface area contributed by atoms with Crippen molar-refractivity contribution in [2.45, 2.75) is 36.7 Å². The quantitative estimate of drug-likeness (QED) is 0.827. The van der Waals surface area contributed by atoms with E-state index < -0.39 is 0 Å². The van der Waals surface area contributed by atoms with Crippen LogP contribution >= 0.6 is 11.8 Å². The summed E-state index contributed by atoms with van der Waals surface area (Å²) in [7, 11) is 0. The van der Waals surface area contributed by atoms with Crippen LogP contribution in [0.25, 0.3) is 0 Å². The number of nitrogens with two attached hydrogens (primary N) is 1. The molecule has 0 saturated heterocycles. The summed E-state index contributed by atoms with van der Waals surface area (Å²) in [6, 6.07) is 8.03. The zero-order chi connectivity index (χ0) is 14.5. The zero-order valence-corrected chi connectivity index (χ0v) is 12.6. The predicted octanol–water partition coefficient (Wildman–Crippen LogP) is 2.97. The molecule has 0 aliphatic carbocycles. The molecule has 6 heteroatoms. The van der Waals surface area contributed by atoms with Gasteiger partial charge in [-0.3, -0.25) is 0 Å². The summed E-state index contributed by atoms with van der Waals surface area (Å²) in [6.45, 7) is 0.738. The van der Waals surface area contributed by atoms with Crippen LogP contribution in [0.5, 0.6) is 5.75 Å². The highest BCUT2D eigenvalue weighted by Crippen LogP contribution is 2.39. The first-order valence-corrected chi connectivity index (χ1v) is 8.26. The molecule has 1 aromatic carbocycles. The fourth-order valence-corrected chi connectivity index (χ4v) is 3.23. The minimum atomic E-state index is -0.133. The largest absolute Gasteiger partial charge is 0.480 e. The molecular weight excluding hydrogens is 286 g/mol. The number of hydrogen-bond acceptors (Lipinski definition) is 6. The molecule has 1 aliphatic rings. The number of unbranched alkanes of at least 4 members (excludes halogenated alkanes) is 2. The van der Waals surface area contributed by atoms with Gasteiger partial charge < -0.3 is 15.0 Å². The number of ether oxygens (including phenoxy) is 1. The van der Waals surface area contributed by atoms with Crippen LogP contribution in [0, 0.1) is 0 Å². The van der Waals surface area contributed by atoms with Gasteiger partial charge in [0, 0.05) is 17.1 Å². The third kappa shape index (κ3) is 3.57. The van der Waals surface area contributed by atoms with Gasteiger partial charge in [-0.2, -0.15) is 4.98 Å². The minimum Gasteiger partial charge on any atom is -0.480 e. The average Bonchev–Trinajstić information content (AvgIpc) is 3.00. The van der Waals surface area contributed by atoms with Crippen molar-refractivity contribution in [2.75, 3.05) is 12.3 Å². The fraction of sp³-hybridized carbons (Fsp3) is 0.467. The molecule has 1 aliphatic heterocycles. The average molecular weight is 305 g/mol. The number of para-hydroxylation sites is 1. The third-order valence-electron chi connectivity index (χ3n) is 3.38. The lowest BCUT2D eigenvalue weighted by atomic mass is 10.2. The molecule has 1 atom stereocenters. The van der Waals surface area contributed by atoms with Crippen molar-refractivity contribution in [3.63, 3.8) is 0 Å². The van der Waals surface area contributed by atoms with Crippen LogP contribution in [0.2, 0.25) is 0 Å². The molecule has 3 rings (SSSR count). The molecule has 0 amide bonds. The van der Waals surface area contributed by atoms with Crippen molar-refractivity contribution in [1.29, 1.82) is 0 Å². The molecule has 2 aromatic rings. The van der Waals surface area contributed by atoms with Crippen LogP contribution in [0.15, 0.2) is 33.7 Å². The SMILES string of the molecule is NCCCCCc1nc(C2CSc3ccccc3O2)no1. The van der Waals surface area contributed by atoms with E-state index in [9.17, 15) is 0 Å². The Hall–Kier alpha value is -1.53. The number of fused-ring (bicyclic) bond motifs is 1. The van der Waals surface area contributed by atoms with Crippen LogP contribution < -0.4 is 10.5 Å². The maximum Gasteiger partial charge on any atom is 0.226 e. The van der Waals surface area contributed by atoms with Crippen molar-refractivity contribution in [1.82, 2.24) is 10.1 Å². The van der Waals surface area contributed by atoms with Crippen LogP contribution in [0.4, 0.5) is 0 Å². The fourth-order valence-electron chi connectivity index (χ4n) is 2.24. The van der Waals surface area contributed by atoms with Crippen LogP contribution in [0.1, 0.15) is 37.1 Å². The Bertz CT molecular complexity index is 588. The maximum atomic E-state index is 5.95. The Morgan fingerprint density at radius 2 is 2.14 bits per heavy atom. The van der Waals surface area contributed by atoms with E-state index in [-0.39, 0.29) is 6.10 Å². The lowest BCUT2D eigenvalue weighted by molar-refractivity contribution is 0.205. The Morgan fingerprint density at radius 1 is 1.24 bits per heavy atom. The molecule has 0 radical (unpaired) electrons. The van der Waals surface area contributed by atoms with Gasteiger partial charge in [0.2, 0.25) is 11.7 Å². The lowest BCUT2D eigenvalue weighted by Gasteiger charge is -2.22. The molecule has 0 fully saturated rings. The molecule has 2 N–H and O–H groups in total. The molecule has 0 spiro atoms. The highest BCUT2D eigenvalue weighted by atomic mass is 32.2. The predicted molar refractivity (Wildman–Crippen MR) is 81.4 cm³/mol. The van der Waals surface area contributed by atoms with Crippen LogP contribution in [-0.2, 0) is 6.42 Å². The molecule has 0 saturated carbocycles. The van der Waals surface area contributed by atoms with E-state index in [0.29, 0.717) is 11.7 Å². The maximum absolute atomic E-state index is 5.95. The molecule has 21 heavy (non-hydrogen) atoms. The van der Waals surface area contributed by atoms with E-state index >= 15 is 0 Å². The van der Waals surface area contributed by atoms with E-state index in [2.05, 4.69) is 16.2 Å². The number of hydrogen-bond donors (Lipinski definition) is 1. The lowest BCUT2D eigenvalue weighted by Crippen LogP contribution is -2.16. The van der Waals surface area contributed by atoms with Gasteiger partial charge in [-0.05, 0) is 31.5 Å². The Morgan fingerprint density at radius 3 is 3.05 bits per heavy atom. The van der Waals surface area contributed by atoms with Gasteiger partial charge in [0.15, 0.2) is 6.10 Å². The number of rotatable bonds is 6. The van der Waals surface area contributed by atoms with Gasteiger partial charge in [-0.15, -0.1) is 11.8 Å². The summed E-state index contributed by atoms with van der Waals surface area (Å²) in [5.41, 5.74) is 5.48. The molecule has 2 heterocycles. The van der Waals surface area contributed by atoms with Crippen molar-refractivity contribution in [3.8, 4) is 5.75 Å². The second-order valence-electron chi connectivity index (χ2n) is 5.01. The molecule has 112 valence electrons. The van der Waals surface area contributed by atoms with E-state index in [1.165, 1.54) is 4.90 Å². The molecule has 5 nitrogen and oxygen atoms in total. The smallest absolute Gasteiger partial charge is 0.226 e. The van der Waals surface area contributed by atoms with Gasteiger partial charge in [-0.25, -0.2) is 0 Å². The minimum absolute atomic E-state index is 0.133. The summed E-state index contributed by atoms with van der Waals surface area (Å²) in [4.78, 5) is 5.62. The van der Waals surface area contributed by atoms with Gasteiger partial charge in [0.05, 0.1) is 0 Å². The van der Waals surface area contributed by atoms with Crippen LogP contribution in [0.3, 0.4) is 0 Å². The number of thioether (sulfide) groups is 1. The van der Waals surface area contributed by atoms with Crippen molar-refractivity contribution in [3.05, 3.63) is 36.0 Å². The standard InChI is InChI=1S/C15H19N3O2S/c16-9-5-1-2-8-14-17-15(18-20-14)12-10-21-13-7-4-3-6-11(13)19-12/h3-4,6-7,12H,1-2,5,8-10,16H2. The summed E-state index contributed by atoms with van der Waals surface area (Å²) in [6.07, 6.45) is 3.84. The number of nitrogens with zero attached hydrogens (tertiary/aromatic N) is 2.